The maximum Gasteiger partial charge on any atom is 0.427 e. The average Bonchev–Trinajstić information content (AvgIpc) is 2.96. The summed E-state index contributed by atoms with van der Waals surface area (Å²) < 4.78 is 37.5. The van der Waals surface area contributed by atoms with Gasteiger partial charge in [-0.05, 0) is 17.0 Å². The average molecular weight is 337 g/mol. The molecule has 0 unspecified atom stereocenters. The van der Waals surface area contributed by atoms with E-state index < -0.39 is 17.0 Å². The summed E-state index contributed by atoms with van der Waals surface area (Å²) in [4.78, 5) is 18.8. The molecule has 1 amide bonds. The number of benzene rings is 1. The number of pyridine rings is 1. The monoisotopic (exact) mass is 337 g/mol. The molecule has 0 fully saturated rings. The van der Waals surface area contributed by atoms with Crippen molar-refractivity contribution < 1.29 is 18.0 Å². The smallest absolute Gasteiger partial charge is 0.302 e. The van der Waals surface area contributed by atoms with E-state index in [2.05, 4.69) is 15.3 Å². The number of alkyl halides is 3. The minimum absolute atomic E-state index is 0.0317. The van der Waals surface area contributed by atoms with Crippen LogP contribution in [0.4, 0.5) is 18.3 Å². The molecule has 1 aromatic carbocycles. The molecule has 0 aliphatic rings. The van der Waals surface area contributed by atoms with Gasteiger partial charge in [-0.25, -0.2) is 4.98 Å². The number of fused-ring (bicyclic) bond motifs is 1. The van der Waals surface area contributed by atoms with Gasteiger partial charge in [0, 0.05) is 17.8 Å². The van der Waals surface area contributed by atoms with E-state index >= 15 is 0 Å². The van der Waals surface area contributed by atoms with Crippen molar-refractivity contribution in [2.24, 2.45) is 0 Å². The van der Waals surface area contributed by atoms with Crippen molar-refractivity contribution >= 4 is 33.1 Å². The summed E-state index contributed by atoms with van der Waals surface area (Å²) in [6.07, 6.45) is -0.405. The van der Waals surface area contributed by atoms with Crippen LogP contribution in [0, 0.1) is 0 Å². The van der Waals surface area contributed by atoms with Crippen LogP contribution in [0.2, 0.25) is 0 Å². The van der Waals surface area contributed by atoms with Gasteiger partial charge in [-0.3, -0.25) is 9.78 Å². The summed E-state index contributed by atoms with van der Waals surface area (Å²) >= 11 is 0.402. The number of amides is 1. The molecule has 4 nitrogen and oxygen atoms in total. The first-order valence-corrected chi connectivity index (χ1v) is 7.39. The minimum atomic E-state index is -4.46. The van der Waals surface area contributed by atoms with Crippen molar-refractivity contribution in [3.63, 3.8) is 0 Å². The lowest BCUT2D eigenvalue weighted by molar-refractivity contribution is -0.134. The number of rotatable bonds is 3. The number of halogens is 3. The zero-order valence-electron chi connectivity index (χ0n) is 11.6. The fraction of sp³-hybridized carbons (Fsp3) is 0.133. The maximum atomic E-state index is 12.5. The van der Waals surface area contributed by atoms with Crippen molar-refractivity contribution in [3.05, 3.63) is 53.3 Å². The highest BCUT2D eigenvalue weighted by Crippen LogP contribution is 2.35. The van der Waals surface area contributed by atoms with Gasteiger partial charge in [0.25, 0.3) is 0 Å². The van der Waals surface area contributed by atoms with Crippen molar-refractivity contribution in [3.8, 4) is 0 Å². The predicted octanol–water partition coefficient (Wildman–Crippen LogP) is 3.89. The number of nitrogens with zero attached hydrogens (tertiary/aromatic N) is 2. The number of aromatic nitrogens is 2. The van der Waals surface area contributed by atoms with Gasteiger partial charge in [-0.1, -0.05) is 29.5 Å². The lowest BCUT2D eigenvalue weighted by Gasteiger charge is -2.06. The third-order valence-electron chi connectivity index (χ3n) is 3.16. The number of nitrogens with one attached hydrogen (secondary N) is 1. The van der Waals surface area contributed by atoms with Gasteiger partial charge in [-0.2, -0.15) is 13.2 Å². The molecule has 0 aliphatic carbocycles. The topological polar surface area (TPSA) is 54.9 Å². The molecule has 2 aromatic heterocycles. The van der Waals surface area contributed by atoms with E-state index in [4.69, 9.17) is 0 Å². The van der Waals surface area contributed by atoms with E-state index in [-0.39, 0.29) is 11.6 Å². The Morgan fingerprint density at radius 1 is 1.22 bits per heavy atom. The Morgan fingerprint density at radius 2 is 2.04 bits per heavy atom. The van der Waals surface area contributed by atoms with Gasteiger partial charge in [0.05, 0.1) is 12.6 Å². The highest BCUT2D eigenvalue weighted by Gasteiger charge is 2.33. The summed E-state index contributed by atoms with van der Waals surface area (Å²) in [5.41, 5.74) is 0.751. The molecular weight excluding hydrogens is 327 g/mol. The number of hydrogen-bond donors (Lipinski definition) is 1. The first-order valence-electron chi connectivity index (χ1n) is 6.58. The van der Waals surface area contributed by atoms with Crippen molar-refractivity contribution in [2.75, 3.05) is 5.32 Å². The standard InChI is InChI=1S/C15H10F3N3OS/c16-15(17,18)12-8-20-14(23-12)21-13(22)6-10-3-1-2-9-4-5-19-7-11(9)10/h1-5,7-8H,6H2,(H,20,21,22). The first-order chi connectivity index (χ1) is 10.9. The molecule has 0 radical (unpaired) electrons. The number of carbonyl (C=O) groups excluding carboxylic acids is 1. The van der Waals surface area contributed by atoms with Crippen LogP contribution in [-0.4, -0.2) is 15.9 Å². The van der Waals surface area contributed by atoms with Gasteiger partial charge in [0.15, 0.2) is 5.13 Å². The van der Waals surface area contributed by atoms with Crippen LogP contribution in [0.15, 0.2) is 42.9 Å². The van der Waals surface area contributed by atoms with E-state index in [9.17, 15) is 18.0 Å². The molecule has 0 aliphatic heterocycles. The lowest BCUT2D eigenvalue weighted by Crippen LogP contribution is -2.14. The molecule has 0 bridgehead atoms. The molecule has 0 atom stereocenters. The third-order valence-corrected chi connectivity index (χ3v) is 4.11. The number of anilines is 1. The van der Waals surface area contributed by atoms with Gasteiger partial charge < -0.3 is 5.32 Å². The molecule has 8 heteroatoms. The SMILES string of the molecule is O=C(Cc1cccc2ccncc12)Nc1ncc(C(F)(F)F)s1. The van der Waals surface area contributed by atoms with Gasteiger partial charge in [-0.15, -0.1) is 0 Å². The molecule has 23 heavy (non-hydrogen) atoms. The van der Waals surface area contributed by atoms with Crippen LogP contribution >= 0.6 is 11.3 Å². The van der Waals surface area contributed by atoms with E-state index in [1.807, 2.05) is 18.2 Å². The Kier molecular flexibility index (Phi) is 3.99. The first kappa shape index (κ1) is 15.4. The number of thiazole rings is 1. The summed E-state index contributed by atoms with van der Waals surface area (Å²) in [6, 6.07) is 7.32. The van der Waals surface area contributed by atoms with E-state index in [1.165, 1.54) is 0 Å². The highest BCUT2D eigenvalue weighted by atomic mass is 32.1. The Bertz CT molecular complexity index is 855. The molecular formula is C15H10F3N3OS. The summed E-state index contributed by atoms with van der Waals surface area (Å²) in [5.74, 6) is -0.426. The van der Waals surface area contributed by atoms with Gasteiger partial charge in [0.2, 0.25) is 5.91 Å². The quantitative estimate of drug-likeness (QED) is 0.789. The molecule has 118 valence electrons. The second-order valence-corrected chi connectivity index (χ2v) is 5.80. The molecule has 0 saturated carbocycles. The van der Waals surface area contributed by atoms with Crippen LogP contribution in [0.3, 0.4) is 0 Å². The third kappa shape index (κ3) is 3.48. The Hall–Kier alpha value is -2.48. The summed E-state index contributed by atoms with van der Waals surface area (Å²) in [6.45, 7) is 0. The molecule has 2 heterocycles. The molecule has 3 aromatic rings. The van der Waals surface area contributed by atoms with Crippen molar-refractivity contribution in [1.82, 2.24) is 9.97 Å². The largest absolute Gasteiger partial charge is 0.427 e. The van der Waals surface area contributed by atoms with Crippen LogP contribution < -0.4 is 5.32 Å². The van der Waals surface area contributed by atoms with Crippen LogP contribution in [-0.2, 0) is 17.4 Å². The van der Waals surface area contributed by atoms with E-state index in [0.717, 1.165) is 16.3 Å². The van der Waals surface area contributed by atoms with Crippen LogP contribution in [0.25, 0.3) is 10.8 Å². The maximum absolute atomic E-state index is 12.5. The fourth-order valence-corrected chi connectivity index (χ4v) is 2.83. The van der Waals surface area contributed by atoms with Crippen LogP contribution in [0.5, 0.6) is 0 Å². The van der Waals surface area contributed by atoms with Crippen LogP contribution in [0.1, 0.15) is 10.4 Å². The summed E-state index contributed by atoms with van der Waals surface area (Å²) in [5, 5.41) is 4.10. The fourth-order valence-electron chi connectivity index (χ4n) is 2.13. The Labute approximate surface area is 133 Å². The normalized spacial score (nSPS) is 11.6. The predicted molar refractivity (Wildman–Crippen MR) is 81.2 cm³/mol. The molecule has 3 rings (SSSR count). The molecule has 1 N–H and O–H groups in total. The van der Waals surface area contributed by atoms with Gasteiger partial charge in [0.1, 0.15) is 4.88 Å². The van der Waals surface area contributed by atoms with Crippen molar-refractivity contribution in [1.29, 1.82) is 0 Å². The highest BCUT2D eigenvalue weighted by molar-refractivity contribution is 7.15. The second kappa shape index (κ2) is 5.96. The van der Waals surface area contributed by atoms with E-state index in [1.54, 1.807) is 18.5 Å². The van der Waals surface area contributed by atoms with E-state index in [0.29, 0.717) is 17.5 Å². The Morgan fingerprint density at radius 3 is 2.78 bits per heavy atom. The zero-order chi connectivity index (χ0) is 16.4. The van der Waals surface area contributed by atoms with Gasteiger partial charge >= 0.3 is 6.18 Å². The Balaban J connectivity index is 1.75. The lowest BCUT2D eigenvalue weighted by atomic mass is 10.0. The zero-order valence-corrected chi connectivity index (χ0v) is 12.4. The number of carbonyl (C=O) groups is 1. The van der Waals surface area contributed by atoms with Crippen molar-refractivity contribution in [2.45, 2.75) is 12.6 Å². The second-order valence-electron chi connectivity index (χ2n) is 4.77. The number of hydrogen-bond acceptors (Lipinski definition) is 4. The minimum Gasteiger partial charge on any atom is -0.302 e. The summed E-state index contributed by atoms with van der Waals surface area (Å²) in [7, 11) is 0. The molecule has 0 spiro atoms. The molecule has 0 saturated heterocycles.